The molecule has 1 aliphatic heterocycles. The number of rotatable bonds is 10. The van der Waals surface area contributed by atoms with Crippen molar-refractivity contribution in [2.75, 3.05) is 24.2 Å². The molecule has 180 valence electrons. The number of thioether (sulfide) groups is 1. The zero-order valence-electron chi connectivity index (χ0n) is 19.7. The lowest BCUT2D eigenvalue weighted by atomic mass is 10.0. The Labute approximate surface area is 215 Å². The quantitative estimate of drug-likeness (QED) is 0.229. The number of piperidine rings is 1. The molecule has 0 saturated carbocycles. The highest BCUT2D eigenvalue weighted by Crippen LogP contribution is 2.35. The molecule has 3 heterocycles. The van der Waals surface area contributed by atoms with Gasteiger partial charge in [-0.3, -0.25) is 0 Å². The highest BCUT2D eigenvalue weighted by Gasteiger charge is 2.15. The van der Waals surface area contributed by atoms with Gasteiger partial charge in [0.05, 0.1) is 5.69 Å². The first-order valence-electron chi connectivity index (χ1n) is 12.1. The van der Waals surface area contributed by atoms with Gasteiger partial charge in [-0.2, -0.15) is 0 Å². The maximum atomic E-state index is 6.25. The molecule has 1 fully saturated rings. The van der Waals surface area contributed by atoms with E-state index in [4.69, 9.17) is 14.7 Å². The van der Waals surface area contributed by atoms with Gasteiger partial charge in [0, 0.05) is 22.2 Å². The van der Waals surface area contributed by atoms with Gasteiger partial charge in [0.1, 0.15) is 5.75 Å². The van der Waals surface area contributed by atoms with Crippen molar-refractivity contribution < 1.29 is 4.74 Å². The number of nitrogens with zero attached hydrogens (tertiary/aromatic N) is 2. The predicted molar refractivity (Wildman–Crippen MR) is 146 cm³/mol. The number of anilines is 2. The number of aromatic nitrogens is 2. The summed E-state index contributed by atoms with van der Waals surface area (Å²) in [5, 5.41) is 9.79. The molecule has 0 unspecified atom stereocenters. The van der Waals surface area contributed by atoms with Gasteiger partial charge in [-0.25, -0.2) is 9.97 Å². The van der Waals surface area contributed by atoms with Crippen molar-refractivity contribution in [1.29, 1.82) is 0 Å². The molecule has 2 aromatic carbocycles. The lowest BCUT2D eigenvalue weighted by Crippen LogP contribution is -2.28. The lowest BCUT2D eigenvalue weighted by Gasteiger charge is -2.22. The minimum Gasteiger partial charge on any atom is -0.453 e. The average molecular weight is 503 g/mol. The van der Waals surface area contributed by atoms with Gasteiger partial charge in [0.2, 0.25) is 0 Å². The molecule has 1 aliphatic rings. The van der Waals surface area contributed by atoms with Crippen LogP contribution >= 0.6 is 23.1 Å². The molecule has 2 N–H and O–H groups in total. The van der Waals surface area contributed by atoms with Crippen molar-refractivity contribution in [2.24, 2.45) is 5.92 Å². The molecule has 5 rings (SSSR count). The van der Waals surface area contributed by atoms with Crippen LogP contribution in [0.2, 0.25) is 0 Å². The fraction of sp³-hybridized carbons (Fsp3) is 0.286. The van der Waals surface area contributed by atoms with Crippen molar-refractivity contribution in [1.82, 2.24) is 15.3 Å². The Morgan fingerprint density at radius 2 is 1.77 bits per heavy atom. The van der Waals surface area contributed by atoms with Crippen LogP contribution in [0.1, 0.15) is 24.1 Å². The molecule has 7 heteroatoms. The van der Waals surface area contributed by atoms with E-state index in [9.17, 15) is 0 Å². The second-order valence-corrected chi connectivity index (χ2v) is 10.6. The van der Waals surface area contributed by atoms with Crippen LogP contribution in [0.25, 0.3) is 0 Å². The fourth-order valence-corrected chi connectivity index (χ4v) is 5.88. The van der Waals surface area contributed by atoms with Gasteiger partial charge in [0.15, 0.2) is 16.7 Å². The van der Waals surface area contributed by atoms with E-state index in [0.29, 0.717) is 11.6 Å². The van der Waals surface area contributed by atoms with Crippen LogP contribution in [0.15, 0.2) is 83.2 Å². The monoisotopic (exact) mass is 502 g/mol. The van der Waals surface area contributed by atoms with Gasteiger partial charge < -0.3 is 15.4 Å². The number of pyridine rings is 1. The number of nitrogens with one attached hydrogen (secondary N) is 2. The van der Waals surface area contributed by atoms with Gasteiger partial charge in [-0.1, -0.05) is 48.5 Å². The molecule has 0 amide bonds. The summed E-state index contributed by atoms with van der Waals surface area (Å²) in [4.78, 5) is 10.7. The summed E-state index contributed by atoms with van der Waals surface area (Å²) in [5.41, 5.74) is 2.41. The SMILES string of the molecule is c1ccc(CCc2csc(Nc3ncc(SCC4CCNCC4)cc3Oc3ccccc3)n2)cc1. The highest BCUT2D eigenvalue weighted by molar-refractivity contribution is 7.99. The topological polar surface area (TPSA) is 59.1 Å². The number of thiazole rings is 1. The minimum atomic E-state index is 0.684. The maximum Gasteiger partial charge on any atom is 0.188 e. The van der Waals surface area contributed by atoms with E-state index in [1.165, 1.54) is 18.4 Å². The number of hydrogen-bond donors (Lipinski definition) is 2. The second-order valence-electron chi connectivity index (χ2n) is 8.69. The number of hydrogen-bond acceptors (Lipinski definition) is 7. The Kier molecular flexibility index (Phi) is 8.31. The summed E-state index contributed by atoms with van der Waals surface area (Å²) in [6, 6.07) is 22.5. The lowest BCUT2D eigenvalue weighted by molar-refractivity contribution is 0.408. The van der Waals surface area contributed by atoms with Crippen LogP contribution < -0.4 is 15.4 Å². The number of para-hydroxylation sites is 1. The Morgan fingerprint density at radius 3 is 2.57 bits per heavy atom. The van der Waals surface area contributed by atoms with Gasteiger partial charge in [0.25, 0.3) is 0 Å². The summed E-state index contributed by atoms with van der Waals surface area (Å²) in [5.74, 6) is 4.05. The molecule has 4 aromatic rings. The van der Waals surface area contributed by atoms with Crippen LogP contribution in [-0.4, -0.2) is 28.8 Å². The van der Waals surface area contributed by atoms with Crippen molar-refractivity contribution in [3.05, 3.63) is 89.6 Å². The molecule has 35 heavy (non-hydrogen) atoms. The van der Waals surface area contributed by atoms with Crippen molar-refractivity contribution in [3.8, 4) is 11.5 Å². The van der Waals surface area contributed by atoms with E-state index in [1.807, 2.05) is 54.4 Å². The van der Waals surface area contributed by atoms with Crippen molar-refractivity contribution >= 4 is 34.0 Å². The molecular formula is C28H30N4OS2. The smallest absolute Gasteiger partial charge is 0.188 e. The Hall–Kier alpha value is -2.87. The van der Waals surface area contributed by atoms with Crippen LogP contribution in [0.3, 0.4) is 0 Å². The molecule has 0 atom stereocenters. The molecule has 2 aromatic heterocycles. The number of ether oxygens (including phenoxy) is 1. The third-order valence-electron chi connectivity index (χ3n) is 6.03. The molecule has 1 saturated heterocycles. The van der Waals surface area contributed by atoms with Crippen molar-refractivity contribution in [3.63, 3.8) is 0 Å². The average Bonchev–Trinajstić information content (AvgIpc) is 3.37. The Morgan fingerprint density at radius 1 is 1.00 bits per heavy atom. The minimum absolute atomic E-state index is 0.684. The fourth-order valence-electron chi connectivity index (χ4n) is 4.05. The second kappa shape index (κ2) is 12.2. The molecule has 0 bridgehead atoms. The van der Waals surface area contributed by atoms with E-state index in [2.05, 4.69) is 46.3 Å². The molecule has 5 nitrogen and oxygen atoms in total. The summed E-state index contributed by atoms with van der Waals surface area (Å²) in [6.45, 7) is 2.24. The Balaban J connectivity index is 1.28. The van der Waals surface area contributed by atoms with E-state index < -0.39 is 0 Å². The van der Waals surface area contributed by atoms with E-state index in [0.717, 1.165) is 59.1 Å². The summed E-state index contributed by atoms with van der Waals surface area (Å²) in [7, 11) is 0. The van der Waals surface area contributed by atoms with Crippen LogP contribution in [-0.2, 0) is 12.8 Å². The van der Waals surface area contributed by atoms with Gasteiger partial charge >= 0.3 is 0 Å². The molecule has 0 radical (unpaired) electrons. The van der Waals surface area contributed by atoms with E-state index in [-0.39, 0.29) is 0 Å². The third-order valence-corrected chi connectivity index (χ3v) is 8.03. The summed E-state index contributed by atoms with van der Waals surface area (Å²) >= 11 is 3.46. The first-order valence-corrected chi connectivity index (χ1v) is 14.0. The number of benzene rings is 2. The summed E-state index contributed by atoms with van der Waals surface area (Å²) in [6.07, 6.45) is 6.31. The maximum absolute atomic E-state index is 6.25. The third kappa shape index (κ3) is 7.07. The van der Waals surface area contributed by atoms with Gasteiger partial charge in [-0.05, 0) is 68.5 Å². The van der Waals surface area contributed by atoms with Crippen molar-refractivity contribution in [2.45, 2.75) is 30.6 Å². The standard InChI is InChI=1S/C28H30N4OS2/c1-3-7-21(8-4-1)11-12-23-20-35-28(31-23)32-27-26(33-24-9-5-2-6-10-24)17-25(18-30-27)34-19-22-13-15-29-16-14-22/h1-10,17-18,20,22,29H,11-16,19H2,(H,30,31,32). The summed E-state index contributed by atoms with van der Waals surface area (Å²) < 4.78 is 6.25. The van der Waals surface area contributed by atoms with E-state index >= 15 is 0 Å². The van der Waals surface area contributed by atoms with E-state index in [1.54, 1.807) is 11.3 Å². The molecule has 0 aliphatic carbocycles. The first kappa shape index (κ1) is 23.9. The normalized spacial score (nSPS) is 14.1. The highest BCUT2D eigenvalue weighted by atomic mass is 32.2. The zero-order chi connectivity index (χ0) is 23.7. The van der Waals surface area contributed by atoms with Crippen LogP contribution in [0.5, 0.6) is 11.5 Å². The van der Waals surface area contributed by atoms with Crippen LogP contribution in [0.4, 0.5) is 10.9 Å². The number of aryl methyl sites for hydroxylation is 2. The molecular weight excluding hydrogens is 472 g/mol. The largest absolute Gasteiger partial charge is 0.453 e. The first-order chi connectivity index (χ1) is 17.3. The molecule has 0 spiro atoms. The Bertz CT molecular complexity index is 1190. The van der Waals surface area contributed by atoms with Crippen LogP contribution in [0, 0.1) is 5.92 Å². The van der Waals surface area contributed by atoms with Gasteiger partial charge in [-0.15, -0.1) is 23.1 Å². The predicted octanol–water partition coefficient (Wildman–Crippen LogP) is 6.95. The zero-order valence-corrected chi connectivity index (χ0v) is 21.3.